The molecular weight excluding hydrogens is 284 g/mol. The van der Waals surface area contributed by atoms with E-state index in [0.717, 1.165) is 21.2 Å². The SMILES string of the molecule is Cc1sc(C(=O)C2C3CCCCC32)cc1Br. The highest BCUT2D eigenvalue weighted by Gasteiger charge is 2.54. The molecule has 1 aromatic heterocycles. The number of fused-ring (bicyclic) bond motifs is 1. The normalized spacial score (nSPS) is 32.2. The molecule has 3 rings (SSSR count). The lowest BCUT2D eigenvalue weighted by atomic mass is 10.0. The van der Waals surface area contributed by atoms with Gasteiger partial charge >= 0.3 is 0 Å². The average molecular weight is 299 g/mol. The summed E-state index contributed by atoms with van der Waals surface area (Å²) in [4.78, 5) is 14.5. The van der Waals surface area contributed by atoms with Crippen LogP contribution >= 0.6 is 27.3 Å². The van der Waals surface area contributed by atoms with Crippen LogP contribution in [-0.2, 0) is 0 Å². The molecule has 1 nitrogen and oxygen atoms in total. The minimum absolute atomic E-state index is 0.368. The van der Waals surface area contributed by atoms with E-state index < -0.39 is 0 Å². The van der Waals surface area contributed by atoms with Crippen molar-refractivity contribution in [1.82, 2.24) is 0 Å². The maximum absolute atomic E-state index is 12.3. The predicted molar refractivity (Wildman–Crippen MR) is 70.0 cm³/mol. The summed E-state index contributed by atoms with van der Waals surface area (Å²) in [7, 11) is 0. The smallest absolute Gasteiger partial charge is 0.176 e. The third kappa shape index (κ3) is 1.68. The molecule has 3 heteroatoms. The van der Waals surface area contributed by atoms with Gasteiger partial charge in [0.25, 0.3) is 0 Å². The first-order chi connectivity index (χ1) is 7.68. The van der Waals surface area contributed by atoms with Gasteiger partial charge in [0.2, 0.25) is 0 Å². The first-order valence-corrected chi connectivity index (χ1v) is 7.59. The zero-order chi connectivity index (χ0) is 11.3. The van der Waals surface area contributed by atoms with Crippen LogP contribution < -0.4 is 0 Å². The standard InChI is InChI=1S/C13H15BrOS/c1-7-10(14)6-11(16-7)13(15)12-8-4-2-3-5-9(8)12/h6,8-9,12H,2-5H2,1H3. The summed E-state index contributed by atoms with van der Waals surface area (Å²) in [6.07, 6.45) is 5.23. The van der Waals surface area contributed by atoms with Crippen LogP contribution in [0.15, 0.2) is 10.5 Å². The van der Waals surface area contributed by atoms with Crippen molar-refractivity contribution < 1.29 is 4.79 Å². The molecule has 16 heavy (non-hydrogen) atoms. The minimum atomic E-state index is 0.368. The molecule has 0 aliphatic heterocycles. The van der Waals surface area contributed by atoms with Crippen molar-refractivity contribution in [2.45, 2.75) is 32.6 Å². The Hall–Kier alpha value is -0.150. The summed E-state index contributed by atoms with van der Waals surface area (Å²) in [6.45, 7) is 2.06. The number of thiophene rings is 1. The van der Waals surface area contributed by atoms with Crippen LogP contribution in [0.5, 0.6) is 0 Å². The van der Waals surface area contributed by atoms with Gasteiger partial charge in [-0.2, -0.15) is 0 Å². The molecule has 2 aliphatic carbocycles. The lowest BCUT2D eigenvalue weighted by Gasteiger charge is -2.04. The molecule has 0 aromatic carbocycles. The molecule has 2 aliphatic rings. The molecule has 0 amide bonds. The molecule has 0 radical (unpaired) electrons. The largest absolute Gasteiger partial charge is 0.293 e. The molecular formula is C13H15BrOS. The lowest BCUT2D eigenvalue weighted by Crippen LogP contribution is -2.01. The second-order valence-electron chi connectivity index (χ2n) is 5.02. The van der Waals surface area contributed by atoms with Gasteiger partial charge in [0.15, 0.2) is 5.78 Å². The zero-order valence-corrected chi connectivity index (χ0v) is 11.7. The Kier molecular flexibility index (Phi) is 2.71. The van der Waals surface area contributed by atoms with E-state index in [1.807, 2.05) is 6.07 Å². The monoisotopic (exact) mass is 298 g/mol. The van der Waals surface area contributed by atoms with Crippen LogP contribution in [-0.4, -0.2) is 5.78 Å². The van der Waals surface area contributed by atoms with E-state index in [0.29, 0.717) is 11.7 Å². The molecule has 2 unspecified atom stereocenters. The van der Waals surface area contributed by atoms with Gasteiger partial charge in [0.1, 0.15) is 0 Å². The van der Waals surface area contributed by atoms with E-state index in [-0.39, 0.29) is 0 Å². The molecule has 0 N–H and O–H groups in total. The second kappa shape index (κ2) is 3.95. The van der Waals surface area contributed by atoms with Crippen molar-refractivity contribution in [3.05, 3.63) is 20.3 Å². The number of hydrogen-bond acceptors (Lipinski definition) is 2. The first-order valence-electron chi connectivity index (χ1n) is 5.98. The highest BCUT2D eigenvalue weighted by atomic mass is 79.9. The number of aryl methyl sites for hydroxylation is 1. The molecule has 1 aromatic rings. The van der Waals surface area contributed by atoms with Gasteiger partial charge in [0, 0.05) is 15.3 Å². The topological polar surface area (TPSA) is 17.1 Å². The number of ketones is 1. The van der Waals surface area contributed by atoms with Crippen LogP contribution in [0.3, 0.4) is 0 Å². The van der Waals surface area contributed by atoms with Crippen molar-refractivity contribution in [2.75, 3.05) is 0 Å². The van der Waals surface area contributed by atoms with E-state index in [2.05, 4.69) is 22.9 Å². The fourth-order valence-electron chi connectivity index (χ4n) is 3.13. The molecule has 0 bridgehead atoms. The Morgan fingerprint density at radius 1 is 1.38 bits per heavy atom. The van der Waals surface area contributed by atoms with Gasteiger partial charge in [-0.25, -0.2) is 0 Å². The number of Topliss-reactive ketones (excluding diaryl/α,β-unsaturated/α-hetero) is 1. The quantitative estimate of drug-likeness (QED) is 0.738. The molecule has 0 saturated heterocycles. The Bertz CT molecular complexity index is 406. The van der Waals surface area contributed by atoms with Crippen LogP contribution in [0.4, 0.5) is 0 Å². The molecule has 2 saturated carbocycles. The summed E-state index contributed by atoms with van der Waals surface area (Å²) in [5.41, 5.74) is 0. The van der Waals surface area contributed by atoms with Crippen molar-refractivity contribution >= 4 is 33.0 Å². The fraction of sp³-hybridized carbons (Fsp3) is 0.615. The summed E-state index contributed by atoms with van der Waals surface area (Å²) in [5.74, 6) is 2.23. The predicted octanol–water partition coefficient (Wildman–Crippen LogP) is 4.44. The highest BCUT2D eigenvalue weighted by molar-refractivity contribution is 9.10. The first kappa shape index (κ1) is 11.0. The van der Waals surface area contributed by atoms with Gasteiger partial charge in [-0.05, 0) is 53.6 Å². The Balaban J connectivity index is 1.79. The second-order valence-corrected chi connectivity index (χ2v) is 7.13. The third-order valence-corrected chi connectivity index (χ3v) is 6.21. The molecule has 86 valence electrons. The summed E-state index contributed by atoms with van der Waals surface area (Å²) >= 11 is 5.13. The Morgan fingerprint density at radius 3 is 2.50 bits per heavy atom. The van der Waals surface area contributed by atoms with Gasteiger partial charge in [-0.15, -0.1) is 11.3 Å². The zero-order valence-electron chi connectivity index (χ0n) is 9.33. The number of rotatable bonds is 2. The molecule has 2 atom stereocenters. The number of hydrogen-bond donors (Lipinski definition) is 0. The number of carbonyl (C=O) groups is 1. The van der Waals surface area contributed by atoms with Crippen molar-refractivity contribution in [2.24, 2.45) is 17.8 Å². The van der Waals surface area contributed by atoms with Crippen LogP contribution in [0.2, 0.25) is 0 Å². The highest BCUT2D eigenvalue weighted by Crippen LogP contribution is 2.57. The molecule has 0 spiro atoms. The van der Waals surface area contributed by atoms with Gasteiger partial charge in [-0.3, -0.25) is 4.79 Å². The summed E-state index contributed by atoms with van der Waals surface area (Å²) < 4.78 is 1.09. The number of halogens is 1. The minimum Gasteiger partial charge on any atom is -0.293 e. The van der Waals surface area contributed by atoms with Crippen molar-refractivity contribution in [3.8, 4) is 0 Å². The van der Waals surface area contributed by atoms with Gasteiger partial charge in [0.05, 0.1) is 4.88 Å². The van der Waals surface area contributed by atoms with E-state index in [9.17, 15) is 4.79 Å². The summed E-state index contributed by atoms with van der Waals surface area (Å²) in [5, 5.41) is 0. The number of carbonyl (C=O) groups excluding carboxylic acids is 1. The fourth-order valence-corrected chi connectivity index (χ4v) is 4.65. The maximum atomic E-state index is 12.3. The summed E-state index contributed by atoms with van der Waals surface area (Å²) in [6, 6.07) is 2.01. The maximum Gasteiger partial charge on any atom is 0.176 e. The molecule has 2 fully saturated rings. The van der Waals surface area contributed by atoms with Crippen molar-refractivity contribution in [1.29, 1.82) is 0 Å². The van der Waals surface area contributed by atoms with E-state index in [1.54, 1.807) is 11.3 Å². The lowest BCUT2D eigenvalue weighted by molar-refractivity contribution is 0.0960. The van der Waals surface area contributed by atoms with Gasteiger partial charge in [-0.1, -0.05) is 12.8 Å². The average Bonchev–Trinajstić information content (AvgIpc) is 2.91. The van der Waals surface area contributed by atoms with Gasteiger partial charge < -0.3 is 0 Å². The van der Waals surface area contributed by atoms with Crippen LogP contribution in [0.1, 0.15) is 40.2 Å². The van der Waals surface area contributed by atoms with E-state index in [4.69, 9.17) is 0 Å². The van der Waals surface area contributed by atoms with Crippen LogP contribution in [0, 0.1) is 24.7 Å². The Labute approximate surface area is 108 Å². The van der Waals surface area contributed by atoms with Crippen LogP contribution in [0.25, 0.3) is 0 Å². The van der Waals surface area contributed by atoms with E-state index in [1.165, 1.54) is 30.6 Å². The Morgan fingerprint density at radius 2 is 2.00 bits per heavy atom. The molecule has 1 heterocycles. The van der Waals surface area contributed by atoms with Crippen molar-refractivity contribution in [3.63, 3.8) is 0 Å². The third-order valence-electron chi connectivity index (χ3n) is 4.06. The van der Waals surface area contributed by atoms with E-state index >= 15 is 0 Å².